The third-order valence-electron chi connectivity index (χ3n) is 3.54. The fourth-order valence-corrected chi connectivity index (χ4v) is 2.97. The van der Waals surface area contributed by atoms with E-state index in [1.165, 1.54) is 0 Å². The van der Waals surface area contributed by atoms with Gasteiger partial charge in [-0.05, 0) is 54.5 Å². The van der Waals surface area contributed by atoms with Gasteiger partial charge in [0.25, 0.3) is 5.91 Å². The maximum Gasteiger partial charge on any atom is 0.255 e. The molecule has 18 heavy (non-hydrogen) atoms. The largest absolute Gasteiger partial charge is 0.377 e. The second-order valence-electron chi connectivity index (χ2n) is 4.96. The Morgan fingerprint density at radius 3 is 2.83 bits per heavy atom. The minimum absolute atomic E-state index is 0.114. The van der Waals surface area contributed by atoms with E-state index < -0.39 is 0 Å². The topological polar surface area (TPSA) is 29.5 Å². The molecule has 0 radical (unpaired) electrons. The van der Waals surface area contributed by atoms with Crippen molar-refractivity contribution in [2.75, 3.05) is 20.2 Å². The number of nitrogens with zero attached hydrogens (tertiary/aromatic N) is 1. The molecule has 0 aliphatic carbocycles. The summed E-state index contributed by atoms with van der Waals surface area (Å²) in [7, 11) is 1.72. The molecule has 1 heterocycles. The normalized spacial score (nSPS) is 24.1. The molecule has 0 spiro atoms. The SMILES string of the molecule is COC1(C)CCCN(C(=O)c2ccccc2I)C1. The van der Waals surface area contributed by atoms with E-state index in [9.17, 15) is 4.79 Å². The Morgan fingerprint density at radius 1 is 1.44 bits per heavy atom. The first-order chi connectivity index (χ1) is 8.56. The van der Waals surface area contributed by atoms with Crippen LogP contribution >= 0.6 is 22.6 Å². The lowest BCUT2D eigenvalue weighted by Crippen LogP contribution is -2.49. The van der Waals surface area contributed by atoms with E-state index in [1.807, 2.05) is 29.2 Å². The van der Waals surface area contributed by atoms with Gasteiger partial charge in [-0.15, -0.1) is 0 Å². The lowest BCUT2D eigenvalue weighted by molar-refractivity contribution is -0.0440. The maximum absolute atomic E-state index is 12.5. The second-order valence-corrected chi connectivity index (χ2v) is 6.13. The monoisotopic (exact) mass is 359 g/mol. The standard InChI is InChI=1S/C14H18INO2/c1-14(18-2)8-5-9-16(10-14)13(17)11-6-3-4-7-12(11)15/h3-4,6-7H,5,8-10H2,1-2H3. The van der Waals surface area contributed by atoms with Crippen LogP contribution in [-0.4, -0.2) is 36.6 Å². The predicted molar refractivity (Wildman–Crippen MR) is 79.7 cm³/mol. The zero-order chi connectivity index (χ0) is 13.2. The summed E-state index contributed by atoms with van der Waals surface area (Å²) in [5, 5.41) is 0. The molecule has 1 saturated heterocycles. The molecular weight excluding hydrogens is 341 g/mol. The van der Waals surface area contributed by atoms with E-state index in [1.54, 1.807) is 7.11 Å². The summed E-state index contributed by atoms with van der Waals surface area (Å²) in [4.78, 5) is 14.4. The lowest BCUT2D eigenvalue weighted by Gasteiger charge is -2.39. The molecule has 3 nitrogen and oxygen atoms in total. The van der Waals surface area contributed by atoms with Crippen LogP contribution < -0.4 is 0 Å². The maximum atomic E-state index is 12.5. The number of methoxy groups -OCH3 is 1. The van der Waals surface area contributed by atoms with Crippen LogP contribution in [0.2, 0.25) is 0 Å². The number of halogens is 1. The molecule has 1 aromatic rings. The Morgan fingerprint density at radius 2 is 2.17 bits per heavy atom. The molecule has 1 fully saturated rings. The number of amides is 1. The molecule has 1 unspecified atom stereocenters. The first-order valence-corrected chi connectivity index (χ1v) is 7.22. The van der Waals surface area contributed by atoms with E-state index in [-0.39, 0.29) is 11.5 Å². The number of rotatable bonds is 2. The van der Waals surface area contributed by atoms with Gasteiger partial charge in [0.1, 0.15) is 0 Å². The van der Waals surface area contributed by atoms with Gasteiger partial charge >= 0.3 is 0 Å². The summed E-state index contributed by atoms with van der Waals surface area (Å²) >= 11 is 2.21. The molecule has 1 atom stereocenters. The number of piperidine rings is 1. The zero-order valence-corrected chi connectivity index (χ0v) is 12.9. The highest BCUT2D eigenvalue weighted by molar-refractivity contribution is 14.1. The van der Waals surface area contributed by atoms with Gasteiger partial charge in [-0.3, -0.25) is 4.79 Å². The van der Waals surface area contributed by atoms with Gasteiger partial charge in [-0.2, -0.15) is 0 Å². The van der Waals surface area contributed by atoms with E-state index in [0.717, 1.165) is 28.5 Å². The van der Waals surface area contributed by atoms with Crippen LogP contribution in [0, 0.1) is 3.57 Å². The van der Waals surface area contributed by atoms with Crippen LogP contribution in [-0.2, 0) is 4.74 Å². The van der Waals surface area contributed by atoms with Crippen molar-refractivity contribution in [3.05, 3.63) is 33.4 Å². The molecule has 4 heteroatoms. The first kappa shape index (κ1) is 13.8. The van der Waals surface area contributed by atoms with Crippen LogP contribution in [0.25, 0.3) is 0 Å². The number of ether oxygens (including phenoxy) is 1. The van der Waals surface area contributed by atoms with Gasteiger partial charge in [0.2, 0.25) is 0 Å². The summed E-state index contributed by atoms with van der Waals surface area (Å²) in [6, 6.07) is 7.72. The molecule has 0 bridgehead atoms. The van der Waals surface area contributed by atoms with Crippen molar-refractivity contribution < 1.29 is 9.53 Å². The Bertz CT molecular complexity index is 449. The number of hydrogen-bond donors (Lipinski definition) is 0. The molecule has 1 aromatic carbocycles. The average molecular weight is 359 g/mol. The Labute approximate surface area is 122 Å². The highest BCUT2D eigenvalue weighted by atomic mass is 127. The van der Waals surface area contributed by atoms with Crippen molar-refractivity contribution in [2.45, 2.75) is 25.4 Å². The molecular formula is C14H18INO2. The Balaban J connectivity index is 2.17. The summed E-state index contributed by atoms with van der Waals surface area (Å²) in [5.74, 6) is 0.114. The smallest absolute Gasteiger partial charge is 0.255 e. The van der Waals surface area contributed by atoms with Crippen molar-refractivity contribution in [2.24, 2.45) is 0 Å². The zero-order valence-electron chi connectivity index (χ0n) is 10.8. The molecule has 98 valence electrons. The number of hydrogen-bond acceptors (Lipinski definition) is 2. The Hall–Kier alpha value is -0.620. The summed E-state index contributed by atoms with van der Waals surface area (Å²) in [6.07, 6.45) is 2.01. The van der Waals surface area contributed by atoms with Gasteiger partial charge < -0.3 is 9.64 Å². The molecule has 0 saturated carbocycles. The minimum atomic E-state index is -0.200. The molecule has 1 aliphatic heterocycles. The van der Waals surface area contributed by atoms with Gasteiger partial charge in [0, 0.05) is 23.8 Å². The van der Waals surface area contributed by atoms with E-state index in [4.69, 9.17) is 4.74 Å². The molecule has 2 rings (SSSR count). The fourth-order valence-electron chi connectivity index (χ4n) is 2.35. The van der Waals surface area contributed by atoms with Crippen LogP contribution in [0.1, 0.15) is 30.1 Å². The van der Waals surface area contributed by atoms with Crippen molar-refractivity contribution in [1.29, 1.82) is 0 Å². The van der Waals surface area contributed by atoms with Gasteiger partial charge in [0.15, 0.2) is 0 Å². The highest BCUT2D eigenvalue weighted by Gasteiger charge is 2.33. The molecule has 1 aliphatic rings. The number of benzene rings is 1. The van der Waals surface area contributed by atoms with Crippen LogP contribution in [0.5, 0.6) is 0 Å². The van der Waals surface area contributed by atoms with Crippen LogP contribution in [0.3, 0.4) is 0 Å². The highest BCUT2D eigenvalue weighted by Crippen LogP contribution is 2.25. The average Bonchev–Trinajstić information content (AvgIpc) is 2.39. The third kappa shape index (κ3) is 2.85. The molecule has 0 aromatic heterocycles. The van der Waals surface area contributed by atoms with Crippen LogP contribution in [0.15, 0.2) is 24.3 Å². The predicted octanol–water partition coefficient (Wildman–Crippen LogP) is 2.93. The second kappa shape index (κ2) is 5.57. The van der Waals surface area contributed by atoms with Gasteiger partial charge in [-0.1, -0.05) is 12.1 Å². The van der Waals surface area contributed by atoms with Gasteiger partial charge in [-0.25, -0.2) is 0 Å². The van der Waals surface area contributed by atoms with E-state index >= 15 is 0 Å². The number of carbonyl (C=O) groups is 1. The number of likely N-dealkylation sites (tertiary alicyclic amines) is 1. The summed E-state index contributed by atoms with van der Waals surface area (Å²) in [6.45, 7) is 3.57. The molecule has 0 N–H and O–H groups in total. The van der Waals surface area contributed by atoms with Crippen LogP contribution in [0.4, 0.5) is 0 Å². The lowest BCUT2D eigenvalue weighted by atomic mass is 9.94. The minimum Gasteiger partial charge on any atom is -0.377 e. The quantitative estimate of drug-likeness (QED) is 0.760. The number of carbonyl (C=O) groups excluding carboxylic acids is 1. The van der Waals surface area contributed by atoms with Crippen molar-refractivity contribution in [3.8, 4) is 0 Å². The van der Waals surface area contributed by atoms with Crippen molar-refractivity contribution >= 4 is 28.5 Å². The van der Waals surface area contributed by atoms with E-state index in [0.29, 0.717) is 6.54 Å². The first-order valence-electron chi connectivity index (χ1n) is 6.15. The third-order valence-corrected chi connectivity index (χ3v) is 4.48. The van der Waals surface area contributed by atoms with Gasteiger partial charge in [0.05, 0.1) is 11.2 Å². The summed E-state index contributed by atoms with van der Waals surface area (Å²) < 4.78 is 6.53. The molecule has 1 amide bonds. The fraction of sp³-hybridized carbons (Fsp3) is 0.500. The summed E-state index contributed by atoms with van der Waals surface area (Å²) in [5.41, 5.74) is 0.590. The van der Waals surface area contributed by atoms with Crippen molar-refractivity contribution in [1.82, 2.24) is 4.90 Å². The Kier molecular flexibility index (Phi) is 4.27. The van der Waals surface area contributed by atoms with E-state index in [2.05, 4.69) is 29.5 Å². The van der Waals surface area contributed by atoms with Crippen molar-refractivity contribution in [3.63, 3.8) is 0 Å².